The Morgan fingerprint density at radius 2 is 1.93 bits per heavy atom. The van der Waals surface area contributed by atoms with E-state index < -0.39 is 11.7 Å². The number of nitrogens with zero attached hydrogens (tertiary/aromatic N) is 1. The second-order valence-electron chi connectivity index (χ2n) is 8.09. The van der Waals surface area contributed by atoms with Crippen molar-refractivity contribution in [2.24, 2.45) is 0 Å². The molecule has 2 aliphatic rings. The summed E-state index contributed by atoms with van der Waals surface area (Å²) >= 11 is 0. The Morgan fingerprint density at radius 1 is 1.17 bits per heavy atom. The lowest BCUT2D eigenvalue weighted by molar-refractivity contribution is -0.892. The molecular formula is C22H27F3N4O+2. The maximum absolute atomic E-state index is 12.7. The van der Waals surface area contributed by atoms with Gasteiger partial charge in [-0.25, -0.2) is 4.98 Å². The van der Waals surface area contributed by atoms with E-state index in [1.807, 2.05) is 17.0 Å². The molecule has 5 nitrogen and oxygen atoms in total. The minimum atomic E-state index is -4.34. The number of hydrogen-bond acceptors (Lipinski definition) is 2. The fraction of sp³-hybridized carbons (Fsp3) is 0.455. The first-order valence-electron chi connectivity index (χ1n) is 10.4. The van der Waals surface area contributed by atoms with E-state index >= 15 is 0 Å². The zero-order valence-corrected chi connectivity index (χ0v) is 16.8. The summed E-state index contributed by atoms with van der Waals surface area (Å²) in [5.41, 5.74) is 1.87. The third kappa shape index (κ3) is 4.75. The maximum atomic E-state index is 12.7. The molecule has 0 saturated carbocycles. The van der Waals surface area contributed by atoms with Crippen LogP contribution in [0.2, 0.25) is 0 Å². The van der Waals surface area contributed by atoms with Crippen LogP contribution in [0.1, 0.15) is 35.6 Å². The van der Waals surface area contributed by atoms with Gasteiger partial charge in [0.15, 0.2) is 6.54 Å². The summed E-state index contributed by atoms with van der Waals surface area (Å²) in [6.07, 6.45) is -0.225. The average molecular weight is 420 g/mol. The monoisotopic (exact) mass is 420 g/mol. The molecule has 0 unspecified atom stereocenters. The van der Waals surface area contributed by atoms with Gasteiger partial charge in [-0.2, -0.15) is 13.2 Å². The van der Waals surface area contributed by atoms with Gasteiger partial charge in [-0.3, -0.25) is 9.69 Å². The standard InChI is InChI=1S/C22H25F3N4O/c23-22(24,25)17-8-9-20(26-14-17)29-12-10-28(11-13-29)15-21(30)27-19-7-3-5-16-4-1-2-6-18(16)19/h1-2,4,6,8-9,14,19H,3,5,7,10-13,15H2,(H,27,30)/p+2/t19-/m1/s1. The largest absolute Gasteiger partial charge is 0.419 e. The number of pyridine rings is 1. The molecule has 2 heterocycles. The normalized spacial score (nSPS) is 20.0. The van der Waals surface area contributed by atoms with Gasteiger partial charge in [0.2, 0.25) is 0 Å². The molecule has 1 fully saturated rings. The minimum absolute atomic E-state index is 0.0567. The van der Waals surface area contributed by atoms with E-state index in [2.05, 4.69) is 22.4 Å². The number of anilines is 1. The van der Waals surface area contributed by atoms with Crippen LogP contribution in [0.4, 0.5) is 19.0 Å². The van der Waals surface area contributed by atoms with Crippen LogP contribution in [0, 0.1) is 0 Å². The maximum Gasteiger partial charge on any atom is 0.419 e. The summed E-state index contributed by atoms with van der Waals surface area (Å²) in [6, 6.07) is 11.0. The van der Waals surface area contributed by atoms with Crippen LogP contribution in [-0.4, -0.2) is 38.6 Å². The molecule has 1 aliphatic carbocycles. The number of aryl methyl sites for hydroxylation is 1. The Bertz CT molecular complexity index is 877. The van der Waals surface area contributed by atoms with Crippen molar-refractivity contribution < 1.29 is 27.8 Å². The van der Waals surface area contributed by atoms with Crippen molar-refractivity contribution in [2.45, 2.75) is 31.5 Å². The predicted octanol–water partition coefficient (Wildman–Crippen LogP) is 1.42. The van der Waals surface area contributed by atoms with E-state index in [0.29, 0.717) is 25.5 Å². The molecule has 0 spiro atoms. The molecule has 30 heavy (non-hydrogen) atoms. The van der Waals surface area contributed by atoms with Gasteiger partial charge >= 0.3 is 6.18 Å². The molecule has 4 rings (SSSR count). The Morgan fingerprint density at radius 3 is 2.63 bits per heavy atom. The highest BCUT2D eigenvalue weighted by atomic mass is 19.4. The van der Waals surface area contributed by atoms with Crippen LogP contribution in [0.3, 0.4) is 0 Å². The molecule has 0 radical (unpaired) electrons. The number of rotatable bonds is 4. The topological polar surface area (TPSA) is 50.9 Å². The second kappa shape index (κ2) is 8.63. The lowest BCUT2D eigenvalue weighted by Gasteiger charge is -2.30. The van der Waals surface area contributed by atoms with Crippen LogP contribution in [0.25, 0.3) is 0 Å². The highest BCUT2D eigenvalue weighted by Gasteiger charge is 2.33. The van der Waals surface area contributed by atoms with Crippen LogP contribution in [-0.2, 0) is 17.4 Å². The van der Waals surface area contributed by atoms with Crippen LogP contribution < -0.4 is 20.1 Å². The van der Waals surface area contributed by atoms with Gasteiger partial charge in [-0.15, -0.1) is 0 Å². The molecule has 0 bridgehead atoms. The Hall–Kier alpha value is -2.61. The fourth-order valence-corrected chi connectivity index (χ4v) is 4.41. The van der Waals surface area contributed by atoms with E-state index in [4.69, 9.17) is 0 Å². The first-order chi connectivity index (χ1) is 14.4. The number of fused-ring (bicyclic) bond motifs is 1. The zero-order valence-electron chi connectivity index (χ0n) is 16.8. The molecule has 1 aliphatic heterocycles. The van der Waals surface area contributed by atoms with Crippen LogP contribution in [0.5, 0.6) is 0 Å². The van der Waals surface area contributed by atoms with Gasteiger partial charge in [-0.05, 0) is 36.5 Å². The van der Waals surface area contributed by atoms with Gasteiger partial charge in [-0.1, -0.05) is 24.3 Å². The van der Waals surface area contributed by atoms with Crippen molar-refractivity contribution in [3.8, 4) is 0 Å². The van der Waals surface area contributed by atoms with Crippen molar-refractivity contribution in [1.82, 2.24) is 5.32 Å². The van der Waals surface area contributed by atoms with Crippen molar-refractivity contribution in [2.75, 3.05) is 37.6 Å². The molecule has 1 aromatic heterocycles. The molecule has 2 aromatic rings. The minimum Gasteiger partial charge on any atom is -0.344 e. The molecule has 160 valence electrons. The van der Waals surface area contributed by atoms with Gasteiger partial charge in [0, 0.05) is 6.07 Å². The number of piperazine rings is 1. The number of H-pyrrole nitrogens is 1. The zero-order chi connectivity index (χ0) is 21.1. The number of quaternary nitrogens is 1. The number of carbonyl (C=O) groups is 1. The highest BCUT2D eigenvalue weighted by Crippen LogP contribution is 2.29. The van der Waals surface area contributed by atoms with Gasteiger partial charge in [0.25, 0.3) is 11.7 Å². The Balaban J connectivity index is 1.27. The number of halogens is 3. The fourth-order valence-electron chi connectivity index (χ4n) is 4.41. The molecule has 3 N–H and O–H groups in total. The number of benzene rings is 1. The van der Waals surface area contributed by atoms with Crippen LogP contribution in [0.15, 0.2) is 42.6 Å². The second-order valence-corrected chi connectivity index (χ2v) is 8.09. The highest BCUT2D eigenvalue weighted by molar-refractivity contribution is 5.77. The summed E-state index contributed by atoms with van der Waals surface area (Å²) in [5, 5.41) is 3.20. The van der Waals surface area contributed by atoms with Gasteiger partial charge in [0.1, 0.15) is 32.4 Å². The average Bonchev–Trinajstić information content (AvgIpc) is 2.74. The Labute approximate surface area is 173 Å². The number of alkyl halides is 3. The smallest absolute Gasteiger partial charge is 0.344 e. The van der Waals surface area contributed by atoms with E-state index in [-0.39, 0.29) is 11.9 Å². The third-order valence-corrected chi connectivity index (χ3v) is 6.05. The summed E-state index contributed by atoms with van der Waals surface area (Å²) in [6.45, 7) is 3.34. The number of hydrogen-bond donors (Lipinski definition) is 2. The quantitative estimate of drug-likeness (QED) is 0.786. The lowest BCUT2D eigenvalue weighted by Crippen LogP contribution is -3.16. The van der Waals surface area contributed by atoms with Crippen molar-refractivity contribution >= 4 is 11.7 Å². The van der Waals surface area contributed by atoms with Gasteiger partial charge in [0.05, 0.1) is 11.6 Å². The lowest BCUT2D eigenvalue weighted by atomic mass is 9.88. The third-order valence-electron chi connectivity index (χ3n) is 6.05. The summed E-state index contributed by atoms with van der Waals surface area (Å²) in [5.74, 6) is 0.728. The summed E-state index contributed by atoms with van der Waals surface area (Å²) in [4.78, 5) is 18.6. The first kappa shape index (κ1) is 20.7. The first-order valence-corrected chi connectivity index (χ1v) is 10.4. The van der Waals surface area contributed by atoms with E-state index in [1.54, 1.807) is 0 Å². The molecule has 8 heteroatoms. The number of nitrogens with one attached hydrogen (secondary N) is 3. The van der Waals surface area contributed by atoms with Crippen LogP contribution >= 0.6 is 0 Å². The number of aromatic amines is 1. The molecule has 1 atom stereocenters. The number of aromatic nitrogens is 1. The van der Waals surface area contributed by atoms with E-state index in [0.717, 1.165) is 44.6 Å². The van der Waals surface area contributed by atoms with E-state index in [9.17, 15) is 18.0 Å². The van der Waals surface area contributed by atoms with Gasteiger partial charge < -0.3 is 10.2 Å². The predicted molar refractivity (Wildman–Crippen MR) is 106 cm³/mol. The summed E-state index contributed by atoms with van der Waals surface area (Å²) < 4.78 is 38.1. The SMILES string of the molecule is O=C(C[NH+]1CCN(c2ccc(C(F)(F)F)c[nH+]2)CC1)N[C@@H]1CCCc2ccccc21. The molecule has 1 amide bonds. The van der Waals surface area contributed by atoms with Crippen molar-refractivity contribution in [3.63, 3.8) is 0 Å². The van der Waals surface area contributed by atoms with Crippen molar-refractivity contribution in [3.05, 3.63) is 59.3 Å². The van der Waals surface area contributed by atoms with E-state index in [1.165, 1.54) is 22.1 Å². The molecule has 1 saturated heterocycles. The molecular weight excluding hydrogens is 393 g/mol. The number of amides is 1. The van der Waals surface area contributed by atoms with Crippen molar-refractivity contribution in [1.29, 1.82) is 0 Å². The Kier molecular flexibility index (Phi) is 5.94. The number of carbonyl (C=O) groups excluding carboxylic acids is 1. The summed E-state index contributed by atoms with van der Waals surface area (Å²) in [7, 11) is 0. The molecule has 1 aromatic carbocycles.